The fourth-order valence-electron chi connectivity index (χ4n) is 2.48. The summed E-state index contributed by atoms with van der Waals surface area (Å²) in [6.07, 6.45) is 0.805. The molecule has 0 spiro atoms. The van der Waals surface area contributed by atoms with E-state index in [9.17, 15) is 0 Å². The van der Waals surface area contributed by atoms with Crippen molar-refractivity contribution >= 4 is 15.9 Å². The molecule has 0 amide bonds. The molecule has 0 radical (unpaired) electrons. The molecule has 2 aromatic rings. The number of aromatic nitrogens is 2. The highest BCUT2D eigenvalue weighted by Gasteiger charge is 2.17. The standard InChI is InChI=1S/C15H20BrN3/c1-8-7-9(2)11(4)13(10(8)3)14-12(5-6-17)18-15(16)19-14/h7H,5-6,17H2,1-4H3,(H,18,19). The number of hydrogen-bond donors (Lipinski definition) is 2. The summed E-state index contributed by atoms with van der Waals surface area (Å²) in [5, 5.41) is 0. The first kappa shape index (κ1) is 14.3. The van der Waals surface area contributed by atoms with Crippen LogP contribution < -0.4 is 5.73 Å². The summed E-state index contributed by atoms with van der Waals surface area (Å²) in [5.41, 5.74) is 14.2. The van der Waals surface area contributed by atoms with Crippen LogP contribution in [0.4, 0.5) is 0 Å². The van der Waals surface area contributed by atoms with Crippen LogP contribution in [0.1, 0.15) is 27.9 Å². The summed E-state index contributed by atoms with van der Waals surface area (Å²) in [7, 11) is 0. The van der Waals surface area contributed by atoms with Gasteiger partial charge in [-0.3, -0.25) is 0 Å². The van der Waals surface area contributed by atoms with Crippen molar-refractivity contribution in [3.05, 3.63) is 38.7 Å². The Morgan fingerprint density at radius 2 is 1.74 bits per heavy atom. The second-order valence-corrected chi connectivity index (χ2v) is 5.78. The Bertz CT molecular complexity index is 588. The van der Waals surface area contributed by atoms with Crippen LogP contribution in [0.25, 0.3) is 11.3 Å². The Kier molecular flexibility index (Phi) is 4.11. The lowest BCUT2D eigenvalue weighted by Gasteiger charge is -2.14. The summed E-state index contributed by atoms with van der Waals surface area (Å²) in [6.45, 7) is 9.23. The number of hydrogen-bond acceptors (Lipinski definition) is 2. The van der Waals surface area contributed by atoms with Crippen LogP contribution in [0, 0.1) is 27.7 Å². The molecule has 0 aliphatic heterocycles. The van der Waals surface area contributed by atoms with Crippen molar-refractivity contribution < 1.29 is 0 Å². The van der Waals surface area contributed by atoms with Crippen LogP contribution in [0.15, 0.2) is 10.8 Å². The second kappa shape index (κ2) is 5.47. The van der Waals surface area contributed by atoms with Gasteiger partial charge in [0.2, 0.25) is 0 Å². The smallest absolute Gasteiger partial charge is 0.175 e. The van der Waals surface area contributed by atoms with E-state index in [0.29, 0.717) is 6.54 Å². The molecule has 102 valence electrons. The highest BCUT2D eigenvalue weighted by Crippen LogP contribution is 2.33. The Morgan fingerprint density at radius 3 is 2.26 bits per heavy atom. The predicted octanol–water partition coefficient (Wildman–Crippen LogP) is 3.57. The van der Waals surface area contributed by atoms with Gasteiger partial charge in [-0.25, -0.2) is 4.98 Å². The molecule has 2 rings (SSSR count). The zero-order valence-electron chi connectivity index (χ0n) is 11.9. The van der Waals surface area contributed by atoms with E-state index in [1.54, 1.807) is 0 Å². The average molecular weight is 322 g/mol. The van der Waals surface area contributed by atoms with Crippen molar-refractivity contribution in [2.45, 2.75) is 34.1 Å². The highest BCUT2D eigenvalue weighted by atomic mass is 79.9. The number of nitrogens with two attached hydrogens (primary N) is 1. The average Bonchev–Trinajstić information content (AvgIpc) is 2.69. The lowest BCUT2D eigenvalue weighted by Crippen LogP contribution is -2.05. The van der Waals surface area contributed by atoms with E-state index in [-0.39, 0.29) is 0 Å². The number of nitrogens with one attached hydrogen (secondary N) is 1. The van der Waals surface area contributed by atoms with Crippen LogP contribution in [0.3, 0.4) is 0 Å². The molecule has 1 heterocycles. The first-order chi connectivity index (χ1) is 8.95. The van der Waals surface area contributed by atoms with Crippen molar-refractivity contribution in [2.24, 2.45) is 5.73 Å². The van der Waals surface area contributed by atoms with Gasteiger partial charge in [0, 0.05) is 17.7 Å². The van der Waals surface area contributed by atoms with Crippen LogP contribution in [0.5, 0.6) is 0 Å². The molecule has 0 bridgehead atoms. The van der Waals surface area contributed by atoms with E-state index in [1.165, 1.54) is 27.8 Å². The number of aryl methyl sites for hydroxylation is 2. The number of halogens is 1. The van der Waals surface area contributed by atoms with Crippen LogP contribution >= 0.6 is 15.9 Å². The minimum Gasteiger partial charge on any atom is -0.336 e. The lowest BCUT2D eigenvalue weighted by molar-refractivity contribution is 0.933. The van der Waals surface area contributed by atoms with Crippen LogP contribution in [-0.4, -0.2) is 16.5 Å². The predicted molar refractivity (Wildman–Crippen MR) is 83.4 cm³/mol. The molecular formula is C15H20BrN3. The summed E-state index contributed by atoms with van der Waals surface area (Å²) >= 11 is 3.43. The van der Waals surface area contributed by atoms with Crippen molar-refractivity contribution in [3.63, 3.8) is 0 Å². The fraction of sp³-hybridized carbons (Fsp3) is 0.400. The summed E-state index contributed by atoms with van der Waals surface area (Å²) < 4.78 is 0.768. The number of nitrogens with zero attached hydrogens (tertiary/aromatic N) is 1. The number of imidazole rings is 1. The monoisotopic (exact) mass is 321 g/mol. The molecule has 0 unspecified atom stereocenters. The van der Waals surface area contributed by atoms with Crippen molar-refractivity contribution in [2.75, 3.05) is 6.54 Å². The molecular weight excluding hydrogens is 302 g/mol. The Labute approximate surface area is 122 Å². The van der Waals surface area contributed by atoms with E-state index >= 15 is 0 Å². The largest absolute Gasteiger partial charge is 0.336 e. The molecule has 0 aliphatic rings. The first-order valence-electron chi connectivity index (χ1n) is 6.48. The number of rotatable bonds is 3. The molecule has 0 fully saturated rings. The topological polar surface area (TPSA) is 54.7 Å². The Morgan fingerprint density at radius 1 is 1.16 bits per heavy atom. The van der Waals surface area contributed by atoms with Crippen molar-refractivity contribution in [1.82, 2.24) is 9.97 Å². The zero-order valence-corrected chi connectivity index (χ0v) is 13.5. The van der Waals surface area contributed by atoms with Gasteiger partial charge in [-0.1, -0.05) is 6.07 Å². The van der Waals surface area contributed by atoms with Gasteiger partial charge in [0.15, 0.2) is 4.73 Å². The van der Waals surface area contributed by atoms with Gasteiger partial charge in [-0.05, 0) is 72.4 Å². The van der Waals surface area contributed by atoms with Gasteiger partial charge < -0.3 is 10.7 Å². The quantitative estimate of drug-likeness (QED) is 0.907. The molecule has 4 heteroatoms. The van der Waals surface area contributed by atoms with E-state index in [4.69, 9.17) is 5.73 Å². The lowest BCUT2D eigenvalue weighted by atomic mass is 9.91. The SMILES string of the molecule is Cc1cc(C)c(C)c(-c2nc(Br)[nH]c2CCN)c1C. The zero-order chi connectivity index (χ0) is 14.2. The highest BCUT2D eigenvalue weighted by molar-refractivity contribution is 9.10. The van der Waals surface area contributed by atoms with Gasteiger partial charge >= 0.3 is 0 Å². The minimum absolute atomic E-state index is 0.616. The van der Waals surface area contributed by atoms with Gasteiger partial charge in [0.25, 0.3) is 0 Å². The molecule has 0 aliphatic carbocycles. The third-order valence-corrected chi connectivity index (χ3v) is 4.12. The molecule has 0 saturated carbocycles. The number of H-pyrrole nitrogens is 1. The third-order valence-electron chi connectivity index (χ3n) is 3.75. The van der Waals surface area contributed by atoms with E-state index in [2.05, 4.69) is 59.7 Å². The Hall–Kier alpha value is -1.13. The minimum atomic E-state index is 0.616. The molecule has 1 aromatic heterocycles. The second-order valence-electron chi connectivity index (χ2n) is 5.03. The molecule has 3 N–H and O–H groups in total. The Balaban J connectivity index is 2.71. The number of benzene rings is 1. The molecule has 1 aromatic carbocycles. The van der Waals surface area contributed by atoms with Crippen molar-refractivity contribution in [1.29, 1.82) is 0 Å². The molecule has 19 heavy (non-hydrogen) atoms. The van der Waals surface area contributed by atoms with Crippen molar-refractivity contribution in [3.8, 4) is 11.3 Å². The number of aromatic amines is 1. The van der Waals surface area contributed by atoms with Gasteiger partial charge in [0.05, 0.1) is 5.69 Å². The van der Waals surface area contributed by atoms with E-state index < -0.39 is 0 Å². The van der Waals surface area contributed by atoms with Gasteiger partial charge in [0.1, 0.15) is 0 Å². The molecule has 0 atom stereocenters. The third kappa shape index (κ3) is 2.60. The molecule has 0 saturated heterocycles. The summed E-state index contributed by atoms with van der Waals surface area (Å²) in [6, 6.07) is 2.23. The van der Waals surface area contributed by atoms with Gasteiger partial charge in [-0.2, -0.15) is 0 Å². The summed E-state index contributed by atoms with van der Waals surface area (Å²) in [5.74, 6) is 0. The van der Waals surface area contributed by atoms with E-state index in [1.807, 2.05) is 0 Å². The van der Waals surface area contributed by atoms with Gasteiger partial charge in [-0.15, -0.1) is 0 Å². The maximum atomic E-state index is 5.69. The molecule has 3 nitrogen and oxygen atoms in total. The summed E-state index contributed by atoms with van der Waals surface area (Å²) in [4.78, 5) is 7.87. The van der Waals surface area contributed by atoms with E-state index in [0.717, 1.165) is 22.5 Å². The normalized spacial score (nSPS) is 11.1. The first-order valence-corrected chi connectivity index (χ1v) is 7.27. The van der Waals surface area contributed by atoms with Crippen LogP contribution in [0.2, 0.25) is 0 Å². The van der Waals surface area contributed by atoms with Crippen LogP contribution in [-0.2, 0) is 6.42 Å². The fourth-order valence-corrected chi connectivity index (χ4v) is 2.90. The maximum Gasteiger partial charge on any atom is 0.175 e. The maximum absolute atomic E-state index is 5.69.